The van der Waals surface area contributed by atoms with Gasteiger partial charge in [-0.25, -0.2) is 9.13 Å². The average molecular weight is 1420 g/mol. The maximum absolute atomic E-state index is 13.1. The first-order valence-corrected chi connectivity index (χ1v) is 43.2. The smallest absolute Gasteiger partial charge is 0.462 e. The van der Waals surface area contributed by atoms with Crippen molar-refractivity contribution in [3.63, 3.8) is 0 Å². The molecule has 0 rings (SSSR count). The van der Waals surface area contributed by atoms with Crippen LogP contribution in [0.3, 0.4) is 0 Å². The zero-order valence-corrected chi connectivity index (χ0v) is 65.5. The minimum atomic E-state index is -4.96. The number of unbranched alkanes of at least 4 members (excludes halogenated alkanes) is 41. The van der Waals surface area contributed by atoms with Crippen molar-refractivity contribution in [2.45, 2.75) is 414 Å². The summed E-state index contributed by atoms with van der Waals surface area (Å²) in [5, 5.41) is 10.6. The van der Waals surface area contributed by atoms with E-state index in [0.29, 0.717) is 31.6 Å². The molecule has 0 aromatic rings. The van der Waals surface area contributed by atoms with Crippen LogP contribution >= 0.6 is 15.6 Å². The molecular weight excluding hydrogens is 1270 g/mol. The molecule has 3 unspecified atom stereocenters. The SMILES string of the molecule is CC(C)CCCCCCCCCCCCCCCCCCC(=O)O[C@H](COC(=O)CCCCCCCCCCCCC(C)C)COP(=O)(O)OCC(O)COP(=O)(O)OC[C@@H](COC(=O)CCCCCCCCCC(C)C)OC(=O)CCCCCCCCCCCCCCC(C)C. The molecule has 17 nitrogen and oxygen atoms in total. The van der Waals surface area contributed by atoms with Crippen LogP contribution in [0.4, 0.5) is 0 Å². The number of rotatable bonds is 75. The van der Waals surface area contributed by atoms with Gasteiger partial charge >= 0.3 is 39.5 Å². The van der Waals surface area contributed by atoms with E-state index in [1.807, 2.05) is 0 Å². The highest BCUT2D eigenvalue weighted by molar-refractivity contribution is 7.47. The maximum Gasteiger partial charge on any atom is 0.472 e. The number of phosphoric acid groups is 2. The van der Waals surface area contributed by atoms with E-state index in [9.17, 15) is 43.2 Å². The quantitative estimate of drug-likeness (QED) is 0.0222. The van der Waals surface area contributed by atoms with Gasteiger partial charge in [0.15, 0.2) is 12.2 Å². The van der Waals surface area contributed by atoms with Gasteiger partial charge in [0.25, 0.3) is 0 Å². The van der Waals surface area contributed by atoms with Crippen LogP contribution in [-0.2, 0) is 65.4 Å². The molecule has 0 aromatic heterocycles. The second-order valence-electron chi connectivity index (χ2n) is 30.0. The third-order valence-corrected chi connectivity index (χ3v) is 20.0. The van der Waals surface area contributed by atoms with Crippen molar-refractivity contribution in [2.75, 3.05) is 39.6 Å². The van der Waals surface area contributed by atoms with Gasteiger partial charge < -0.3 is 33.8 Å². The molecule has 0 saturated heterocycles. The van der Waals surface area contributed by atoms with Gasteiger partial charge in [0, 0.05) is 25.7 Å². The highest BCUT2D eigenvalue weighted by Gasteiger charge is 2.30. The van der Waals surface area contributed by atoms with Crippen LogP contribution in [-0.4, -0.2) is 96.7 Å². The minimum absolute atomic E-state index is 0.106. The summed E-state index contributed by atoms with van der Waals surface area (Å²) in [6, 6.07) is 0. The van der Waals surface area contributed by atoms with E-state index in [1.54, 1.807) is 0 Å². The van der Waals surface area contributed by atoms with Gasteiger partial charge in [-0.05, 0) is 49.4 Å². The Morgan fingerprint density at radius 1 is 0.258 bits per heavy atom. The Labute approximate surface area is 594 Å². The van der Waals surface area contributed by atoms with Gasteiger partial charge in [-0.2, -0.15) is 0 Å². The van der Waals surface area contributed by atoms with Gasteiger partial charge in [0.05, 0.1) is 26.4 Å². The molecule has 0 fully saturated rings. The summed E-state index contributed by atoms with van der Waals surface area (Å²) in [7, 11) is -9.92. The summed E-state index contributed by atoms with van der Waals surface area (Å²) >= 11 is 0. The summed E-state index contributed by atoms with van der Waals surface area (Å²) in [4.78, 5) is 72.9. The molecule has 5 atom stereocenters. The number of esters is 4. The Kier molecular flexibility index (Phi) is 65.9. The monoisotopic (exact) mass is 1420 g/mol. The number of aliphatic hydroxyl groups excluding tert-OH is 1. The number of hydrogen-bond acceptors (Lipinski definition) is 15. The molecule has 0 bridgehead atoms. The van der Waals surface area contributed by atoms with E-state index in [-0.39, 0.29) is 25.7 Å². The van der Waals surface area contributed by atoms with Gasteiger partial charge in [-0.3, -0.25) is 37.3 Å². The Hall–Kier alpha value is -1.94. The average Bonchev–Trinajstić information content (AvgIpc) is 1.90. The standard InChI is InChI=1S/C78H152O17P2/c1-68(2)54-46-38-30-23-17-13-11-9-10-12-14-19-27-35-44-52-60-77(82)94-73(64-88-75(80)58-50-42-34-26-22-21-25-32-40-48-56-70(5)6)66-92-96(84,85)90-62-72(79)63-91-97(86,87)93-67-74(65-89-76(81)59-51-43-37-29-33-41-49-57-71(7)8)95-78(83)61-53-45-36-28-20-16-15-18-24-31-39-47-55-69(3)4/h68-74,79H,9-67H2,1-8H3,(H,84,85)(H,86,87)/t72?,73-,74-/m1/s1. The number of hydrogen-bond donors (Lipinski definition) is 3. The second-order valence-corrected chi connectivity index (χ2v) is 32.9. The van der Waals surface area contributed by atoms with Crippen molar-refractivity contribution >= 4 is 39.5 Å². The van der Waals surface area contributed by atoms with E-state index < -0.39 is 97.5 Å². The van der Waals surface area contributed by atoms with E-state index in [1.165, 1.54) is 193 Å². The van der Waals surface area contributed by atoms with E-state index in [0.717, 1.165) is 114 Å². The van der Waals surface area contributed by atoms with Gasteiger partial charge in [0.1, 0.15) is 19.3 Å². The van der Waals surface area contributed by atoms with E-state index >= 15 is 0 Å². The van der Waals surface area contributed by atoms with Crippen LogP contribution in [0.1, 0.15) is 396 Å². The molecule has 0 amide bonds. The number of carbonyl (C=O) groups excluding carboxylic acids is 4. The summed E-state index contributed by atoms with van der Waals surface area (Å²) in [5.41, 5.74) is 0. The fourth-order valence-electron chi connectivity index (χ4n) is 11.9. The predicted octanol–water partition coefficient (Wildman–Crippen LogP) is 22.8. The molecular formula is C78H152O17P2. The molecule has 0 aliphatic heterocycles. The molecule has 0 aromatic carbocycles. The zero-order chi connectivity index (χ0) is 71.7. The lowest BCUT2D eigenvalue weighted by molar-refractivity contribution is -0.161. The highest BCUT2D eigenvalue weighted by atomic mass is 31.2. The van der Waals surface area contributed by atoms with Crippen LogP contribution in [0.15, 0.2) is 0 Å². The van der Waals surface area contributed by atoms with Crippen LogP contribution in [0, 0.1) is 23.7 Å². The Morgan fingerprint density at radius 3 is 0.639 bits per heavy atom. The highest BCUT2D eigenvalue weighted by Crippen LogP contribution is 2.45. The third kappa shape index (κ3) is 72.2. The van der Waals surface area contributed by atoms with E-state index in [4.69, 9.17) is 37.0 Å². The lowest BCUT2D eigenvalue weighted by Crippen LogP contribution is -2.30. The topological polar surface area (TPSA) is 237 Å². The Bertz CT molecular complexity index is 1900. The normalized spacial score (nSPS) is 14.1. The molecule has 3 N–H and O–H groups in total. The summed E-state index contributed by atoms with van der Waals surface area (Å²) < 4.78 is 68.6. The van der Waals surface area contributed by atoms with Crippen molar-refractivity contribution in [1.29, 1.82) is 0 Å². The molecule has 0 radical (unpaired) electrons. The van der Waals surface area contributed by atoms with Crippen LogP contribution in [0.25, 0.3) is 0 Å². The Morgan fingerprint density at radius 2 is 0.433 bits per heavy atom. The lowest BCUT2D eigenvalue weighted by Gasteiger charge is -2.21. The van der Waals surface area contributed by atoms with Crippen molar-refractivity contribution in [3.05, 3.63) is 0 Å². The second kappa shape index (κ2) is 67.2. The largest absolute Gasteiger partial charge is 0.472 e. The molecule has 97 heavy (non-hydrogen) atoms. The van der Waals surface area contributed by atoms with Gasteiger partial charge in [-0.1, -0.05) is 344 Å². The third-order valence-electron chi connectivity index (χ3n) is 18.1. The lowest BCUT2D eigenvalue weighted by atomic mass is 10.0. The zero-order valence-electron chi connectivity index (χ0n) is 63.7. The summed E-state index contributed by atoms with van der Waals surface area (Å²) in [5.74, 6) is 0.931. The molecule has 19 heteroatoms. The van der Waals surface area contributed by atoms with Crippen LogP contribution in [0.5, 0.6) is 0 Å². The number of ether oxygens (including phenoxy) is 4. The molecule has 0 heterocycles. The van der Waals surface area contributed by atoms with Crippen molar-refractivity contribution in [2.24, 2.45) is 23.7 Å². The maximum atomic E-state index is 13.1. The Balaban J connectivity index is 5.24. The minimum Gasteiger partial charge on any atom is -0.462 e. The first kappa shape index (κ1) is 95.1. The molecule has 0 aliphatic rings. The van der Waals surface area contributed by atoms with Crippen LogP contribution < -0.4 is 0 Å². The molecule has 0 aliphatic carbocycles. The summed E-state index contributed by atoms with van der Waals surface area (Å²) in [6.07, 6.45) is 52.8. The summed E-state index contributed by atoms with van der Waals surface area (Å²) in [6.45, 7) is 14.2. The van der Waals surface area contributed by atoms with E-state index in [2.05, 4.69) is 55.4 Å². The van der Waals surface area contributed by atoms with Gasteiger partial charge in [0.2, 0.25) is 0 Å². The van der Waals surface area contributed by atoms with Crippen molar-refractivity contribution < 1.29 is 80.2 Å². The first-order valence-electron chi connectivity index (χ1n) is 40.2. The molecule has 0 saturated carbocycles. The number of phosphoric ester groups is 2. The first-order chi connectivity index (χ1) is 46.6. The fourth-order valence-corrected chi connectivity index (χ4v) is 13.5. The fraction of sp³-hybridized carbons (Fsp3) is 0.949. The molecule has 0 spiro atoms. The van der Waals surface area contributed by atoms with Gasteiger partial charge in [-0.15, -0.1) is 0 Å². The van der Waals surface area contributed by atoms with Crippen LogP contribution in [0.2, 0.25) is 0 Å². The van der Waals surface area contributed by atoms with Crippen molar-refractivity contribution in [3.8, 4) is 0 Å². The molecule has 576 valence electrons. The number of aliphatic hydroxyl groups is 1. The predicted molar refractivity (Wildman–Crippen MR) is 395 cm³/mol. The number of carbonyl (C=O) groups is 4. The van der Waals surface area contributed by atoms with Crippen molar-refractivity contribution in [1.82, 2.24) is 0 Å².